The number of rotatable bonds is 1. The lowest BCUT2D eigenvalue weighted by Crippen LogP contribution is -2.25. The third-order valence-electron chi connectivity index (χ3n) is 3.75. The maximum atomic E-state index is 12.5. The van der Waals surface area contributed by atoms with Gasteiger partial charge in [0.2, 0.25) is 5.91 Å². The molecule has 0 unspecified atom stereocenters. The van der Waals surface area contributed by atoms with Gasteiger partial charge < -0.3 is 16.4 Å². The molecule has 0 aliphatic carbocycles. The van der Waals surface area contributed by atoms with E-state index in [-0.39, 0.29) is 10.8 Å². The number of benzene rings is 2. The monoisotopic (exact) mass is 403 g/mol. The summed E-state index contributed by atoms with van der Waals surface area (Å²) in [5.41, 5.74) is 6.71. The van der Waals surface area contributed by atoms with Gasteiger partial charge in [-0.1, -0.05) is 35.1 Å². The molecule has 6 nitrogen and oxygen atoms in total. The van der Waals surface area contributed by atoms with Crippen molar-refractivity contribution in [1.29, 1.82) is 0 Å². The van der Waals surface area contributed by atoms with Crippen LogP contribution in [0.5, 0.6) is 0 Å². The average molecular weight is 404 g/mol. The smallest absolute Gasteiger partial charge is 0.263 e. The molecule has 26 heavy (non-hydrogen) atoms. The van der Waals surface area contributed by atoms with Crippen LogP contribution in [-0.4, -0.2) is 17.7 Å². The zero-order valence-electron chi connectivity index (χ0n) is 13.0. The fourth-order valence-electron chi connectivity index (χ4n) is 2.52. The molecule has 9 heteroatoms. The Morgan fingerprint density at radius 3 is 2.23 bits per heavy atom. The molecule has 0 radical (unpaired) electrons. The maximum Gasteiger partial charge on any atom is 0.263 e. The SMILES string of the molecule is NC(=O)c1ccc2c(c1)NC(=O)/C(=C1\Sc3cc(Cl)ccc3NC1=O)S2. The number of hydrogen-bond donors (Lipinski definition) is 3. The Bertz CT molecular complexity index is 1040. The number of fused-ring (bicyclic) bond motifs is 2. The Labute approximate surface area is 161 Å². The molecule has 2 heterocycles. The molecule has 130 valence electrons. The molecule has 0 spiro atoms. The van der Waals surface area contributed by atoms with E-state index in [1.807, 2.05) is 0 Å². The molecule has 0 atom stereocenters. The number of carbonyl (C=O) groups is 3. The number of nitrogens with one attached hydrogen (secondary N) is 2. The van der Waals surface area contributed by atoms with Crippen LogP contribution in [0.2, 0.25) is 5.02 Å². The van der Waals surface area contributed by atoms with Crippen LogP contribution in [0.1, 0.15) is 10.4 Å². The Hall–Kier alpha value is -2.42. The van der Waals surface area contributed by atoms with Crippen LogP contribution in [-0.2, 0) is 9.59 Å². The molecule has 4 rings (SSSR count). The van der Waals surface area contributed by atoms with Gasteiger partial charge in [0.1, 0.15) is 0 Å². The summed E-state index contributed by atoms with van der Waals surface area (Å²) in [4.78, 5) is 38.4. The molecular formula is C17H10ClN3O3S2. The second-order valence-electron chi connectivity index (χ2n) is 5.49. The first-order valence-electron chi connectivity index (χ1n) is 7.38. The van der Waals surface area contributed by atoms with Gasteiger partial charge in [0, 0.05) is 20.4 Å². The van der Waals surface area contributed by atoms with Crippen LogP contribution in [0.4, 0.5) is 11.4 Å². The molecule has 2 aromatic rings. The molecule has 2 aliphatic rings. The van der Waals surface area contributed by atoms with Gasteiger partial charge in [-0.2, -0.15) is 0 Å². The molecule has 4 N–H and O–H groups in total. The van der Waals surface area contributed by atoms with Crippen molar-refractivity contribution in [1.82, 2.24) is 0 Å². The van der Waals surface area contributed by atoms with E-state index in [0.29, 0.717) is 26.9 Å². The Morgan fingerprint density at radius 1 is 0.885 bits per heavy atom. The summed E-state index contributed by atoms with van der Waals surface area (Å²) in [6, 6.07) is 9.94. The quantitative estimate of drug-likeness (QED) is 0.633. The van der Waals surface area contributed by atoms with Crippen LogP contribution in [0.3, 0.4) is 0 Å². The summed E-state index contributed by atoms with van der Waals surface area (Å²) in [5, 5.41) is 6.03. The van der Waals surface area contributed by atoms with Gasteiger partial charge in [0.15, 0.2) is 0 Å². The molecule has 0 fully saturated rings. The van der Waals surface area contributed by atoms with Crippen LogP contribution in [0, 0.1) is 0 Å². The van der Waals surface area contributed by atoms with E-state index in [0.717, 1.165) is 9.79 Å². The van der Waals surface area contributed by atoms with Gasteiger partial charge in [-0.15, -0.1) is 0 Å². The summed E-state index contributed by atoms with van der Waals surface area (Å²) in [7, 11) is 0. The molecule has 0 saturated carbocycles. The first-order valence-corrected chi connectivity index (χ1v) is 9.39. The highest BCUT2D eigenvalue weighted by Gasteiger charge is 2.31. The number of halogens is 1. The Morgan fingerprint density at radius 2 is 1.54 bits per heavy atom. The molecule has 0 saturated heterocycles. The minimum atomic E-state index is -0.577. The van der Waals surface area contributed by atoms with Crippen molar-refractivity contribution in [3.8, 4) is 0 Å². The van der Waals surface area contributed by atoms with Gasteiger partial charge in [-0.3, -0.25) is 14.4 Å². The first kappa shape index (κ1) is 17.0. The number of primary amides is 1. The average Bonchev–Trinajstić information content (AvgIpc) is 2.60. The topological polar surface area (TPSA) is 101 Å². The lowest BCUT2D eigenvalue weighted by molar-refractivity contribution is -0.114. The van der Waals surface area contributed by atoms with E-state index in [1.54, 1.807) is 30.3 Å². The number of hydrogen-bond acceptors (Lipinski definition) is 5. The highest BCUT2D eigenvalue weighted by atomic mass is 35.5. The summed E-state index contributed by atoms with van der Waals surface area (Å²) in [6.45, 7) is 0. The van der Waals surface area contributed by atoms with Crippen molar-refractivity contribution in [2.75, 3.05) is 10.6 Å². The summed E-state index contributed by atoms with van der Waals surface area (Å²) in [6.07, 6.45) is 0. The Balaban J connectivity index is 1.74. The van der Waals surface area contributed by atoms with E-state index >= 15 is 0 Å². The molecule has 0 bridgehead atoms. The minimum absolute atomic E-state index is 0.289. The Kier molecular flexibility index (Phi) is 4.18. The predicted octanol–water partition coefficient (Wildman–Crippen LogP) is 3.44. The van der Waals surface area contributed by atoms with Crippen molar-refractivity contribution in [2.45, 2.75) is 9.79 Å². The van der Waals surface area contributed by atoms with Crippen molar-refractivity contribution >= 4 is 64.2 Å². The van der Waals surface area contributed by atoms with E-state index in [2.05, 4.69) is 10.6 Å². The van der Waals surface area contributed by atoms with E-state index < -0.39 is 11.8 Å². The largest absolute Gasteiger partial charge is 0.366 e. The third kappa shape index (κ3) is 2.96. The molecule has 2 aliphatic heterocycles. The summed E-state index contributed by atoms with van der Waals surface area (Å²) in [5.74, 6) is -1.33. The maximum absolute atomic E-state index is 12.5. The highest BCUT2D eigenvalue weighted by Crippen LogP contribution is 2.47. The second kappa shape index (κ2) is 6.39. The van der Waals surface area contributed by atoms with Crippen LogP contribution >= 0.6 is 35.1 Å². The highest BCUT2D eigenvalue weighted by molar-refractivity contribution is 8.08. The molecule has 0 aromatic heterocycles. The minimum Gasteiger partial charge on any atom is -0.366 e. The number of nitrogens with two attached hydrogens (primary N) is 1. The zero-order valence-corrected chi connectivity index (χ0v) is 15.3. The third-order valence-corrected chi connectivity index (χ3v) is 6.43. The molecule has 2 aromatic carbocycles. The van der Waals surface area contributed by atoms with E-state index in [1.165, 1.54) is 29.6 Å². The number of amides is 3. The lowest BCUT2D eigenvalue weighted by Gasteiger charge is -2.24. The normalized spacial score (nSPS) is 18.5. The van der Waals surface area contributed by atoms with Gasteiger partial charge in [0.25, 0.3) is 11.8 Å². The predicted molar refractivity (Wildman–Crippen MR) is 102 cm³/mol. The van der Waals surface area contributed by atoms with E-state index in [9.17, 15) is 14.4 Å². The second-order valence-corrected chi connectivity index (χ2v) is 8.03. The number of anilines is 2. The van der Waals surface area contributed by atoms with Crippen molar-refractivity contribution in [3.05, 3.63) is 56.8 Å². The summed E-state index contributed by atoms with van der Waals surface area (Å²) < 4.78 is 0. The van der Waals surface area contributed by atoms with Gasteiger partial charge in [-0.25, -0.2) is 0 Å². The zero-order chi connectivity index (χ0) is 18.4. The van der Waals surface area contributed by atoms with Crippen molar-refractivity contribution in [3.63, 3.8) is 0 Å². The van der Waals surface area contributed by atoms with Crippen molar-refractivity contribution in [2.24, 2.45) is 5.73 Å². The van der Waals surface area contributed by atoms with Gasteiger partial charge in [0.05, 0.1) is 21.2 Å². The van der Waals surface area contributed by atoms with Crippen LogP contribution in [0.25, 0.3) is 0 Å². The van der Waals surface area contributed by atoms with Crippen molar-refractivity contribution < 1.29 is 14.4 Å². The lowest BCUT2D eigenvalue weighted by atomic mass is 10.2. The number of thioether (sulfide) groups is 2. The fourth-order valence-corrected chi connectivity index (χ4v) is 4.88. The fraction of sp³-hybridized carbons (Fsp3) is 0. The van der Waals surface area contributed by atoms with Crippen LogP contribution < -0.4 is 16.4 Å². The standard InChI is InChI=1S/C17H10ClN3O3S2/c18-8-2-3-9-12(6-8)26-14(16(23)20-9)13-17(24)21-10-5-7(15(19)22)1-4-11(10)25-13/h1-6H,(H2,19,22)(H,20,23)(H,21,24)/b14-13+. The van der Waals surface area contributed by atoms with Gasteiger partial charge in [-0.05, 0) is 36.4 Å². The molecule has 3 amide bonds. The first-order chi connectivity index (χ1) is 12.4. The molecular weight excluding hydrogens is 394 g/mol. The number of carbonyl (C=O) groups excluding carboxylic acids is 3. The van der Waals surface area contributed by atoms with Crippen LogP contribution in [0.15, 0.2) is 56.0 Å². The summed E-state index contributed by atoms with van der Waals surface area (Å²) >= 11 is 8.39. The van der Waals surface area contributed by atoms with E-state index in [4.69, 9.17) is 17.3 Å². The van der Waals surface area contributed by atoms with Gasteiger partial charge >= 0.3 is 0 Å².